The van der Waals surface area contributed by atoms with Crippen LogP contribution in [0.5, 0.6) is 0 Å². The van der Waals surface area contributed by atoms with Crippen molar-refractivity contribution in [1.29, 1.82) is 5.41 Å². The van der Waals surface area contributed by atoms with Gasteiger partial charge in [0.1, 0.15) is 0 Å². The molecule has 0 bridgehead atoms. The molecule has 5 nitrogen and oxygen atoms in total. The van der Waals surface area contributed by atoms with E-state index in [1.165, 1.54) is 0 Å². The standard InChI is InChI=1S/C5H11NO2.CHNO/c1-2-3-8-5(7)4-6;2-1-3/h2-4,6H2,1H3;2H. The van der Waals surface area contributed by atoms with Gasteiger partial charge in [0.25, 0.3) is 0 Å². The Balaban J connectivity index is 0. The number of nitrogens with one attached hydrogen (secondary N) is 1. The lowest BCUT2D eigenvalue weighted by Gasteiger charge is -1.97. The molecule has 0 spiro atoms. The molecule has 0 radical (unpaired) electrons. The third-order valence-corrected chi connectivity index (χ3v) is 0.634. The van der Waals surface area contributed by atoms with Crippen molar-refractivity contribution in [2.75, 3.05) is 13.2 Å². The highest BCUT2D eigenvalue weighted by atomic mass is 16.5. The molecule has 5 heteroatoms. The van der Waals surface area contributed by atoms with Crippen LogP contribution in [0, 0.1) is 5.41 Å². The maximum absolute atomic E-state index is 10.2. The van der Waals surface area contributed by atoms with Crippen LogP contribution in [0.4, 0.5) is 0 Å². The molecule has 0 aromatic rings. The van der Waals surface area contributed by atoms with Crippen LogP contribution in [0.2, 0.25) is 0 Å². The molecule has 0 aromatic heterocycles. The predicted octanol–water partition coefficient (Wildman–Crippen LogP) is -0.201. The zero-order chi connectivity index (χ0) is 9.11. The number of nitrogens with two attached hydrogens (primary N) is 1. The van der Waals surface area contributed by atoms with Crippen LogP contribution in [0.3, 0.4) is 0 Å². The molecule has 11 heavy (non-hydrogen) atoms. The lowest BCUT2D eigenvalue weighted by Crippen LogP contribution is -2.16. The van der Waals surface area contributed by atoms with E-state index in [0.29, 0.717) is 6.61 Å². The molecule has 0 unspecified atom stereocenters. The summed E-state index contributed by atoms with van der Waals surface area (Å²) in [6.07, 6.45) is 1.60. The van der Waals surface area contributed by atoms with Crippen LogP contribution in [0.1, 0.15) is 13.3 Å². The van der Waals surface area contributed by atoms with Crippen molar-refractivity contribution in [3.63, 3.8) is 0 Å². The maximum Gasteiger partial charge on any atom is 0.319 e. The van der Waals surface area contributed by atoms with Crippen LogP contribution >= 0.6 is 0 Å². The van der Waals surface area contributed by atoms with Gasteiger partial charge in [0, 0.05) is 0 Å². The smallest absolute Gasteiger partial charge is 0.319 e. The Morgan fingerprint density at radius 1 is 1.73 bits per heavy atom. The van der Waals surface area contributed by atoms with E-state index in [-0.39, 0.29) is 12.5 Å². The van der Waals surface area contributed by atoms with E-state index in [4.69, 9.17) is 15.9 Å². The number of hydrogen-bond acceptors (Lipinski definition) is 5. The first-order valence-corrected chi connectivity index (χ1v) is 3.12. The Morgan fingerprint density at radius 3 is 2.45 bits per heavy atom. The maximum atomic E-state index is 10.2. The van der Waals surface area contributed by atoms with Crippen LogP contribution in [0.25, 0.3) is 0 Å². The first kappa shape index (κ1) is 12.5. The van der Waals surface area contributed by atoms with E-state index in [2.05, 4.69) is 4.74 Å². The molecule has 0 fully saturated rings. The second-order valence-corrected chi connectivity index (χ2v) is 1.53. The van der Waals surface area contributed by atoms with Gasteiger partial charge in [-0.05, 0) is 6.42 Å². The van der Waals surface area contributed by atoms with Gasteiger partial charge in [-0.25, -0.2) is 10.2 Å². The SMILES string of the molecule is CCCOC(=O)CN.N=C=O. The van der Waals surface area contributed by atoms with Crippen molar-refractivity contribution in [3.8, 4) is 0 Å². The summed E-state index contributed by atoms with van der Waals surface area (Å²) in [4.78, 5) is 18.6. The molecule has 64 valence electrons. The highest BCUT2D eigenvalue weighted by Crippen LogP contribution is 1.78. The number of ether oxygens (including phenoxy) is 1. The quantitative estimate of drug-likeness (QED) is 0.339. The first-order valence-electron chi connectivity index (χ1n) is 3.12. The molecule has 0 saturated heterocycles. The molecule has 0 rings (SSSR count). The van der Waals surface area contributed by atoms with Gasteiger partial charge in [0.15, 0.2) is 0 Å². The zero-order valence-electron chi connectivity index (χ0n) is 6.42. The van der Waals surface area contributed by atoms with Crippen molar-refractivity contribution in [2.24, 2.45) is 5.73 Å². The van der Waals surface area contributed by atoms with E-state index in [1.54, 1.807) is 0 Å². The summed E-state index contributed by atoms with van der Waals surface area (Å²) in [6.45, 7) is 2.40. The molecule has 0 heterocycles. The molecule has 0 aliphatic rings. The van der Waals surface area contributed by atoms with Gasteiger partial charge in [-0.1, -0.05) is 6.92 Å². The van der Waals surface area contributed by atoms with Crippen molar-refractivity contribution < 1.29 is 14.3 Å². The van der Waals surface area contributed by atoms with E-state index < -0.39 is 0 Å². The van der Waals surface area contributed by atoms with Crippen molar-refractivity contribution in [3.05, 3.63) is 0 Å². The van der Waals surface area contributed by atoms with Crippen LogP contribution in [-0.2, 0) is 14.3 Å². The largest absolute Gasteiger partial charge is 0.465 e. The van der Waals surface area contributed by atoms with Gasteiger partial charge < -0.3 is 10.5 Å². The van der Waals surface area contributed by atoms with Gasteiger partial charge in [-0.2, -0.15) is 0 Å². The average molecular weight is 160 g/mol. The van der Waals surface area contributed by atoms with Gasteiger partial charge in [-0.15, -0.1) is 0 Å². The third kappa shape index (κ3) is 17.7. The number of isocyanates is 1. The Labute approximate surface area is 65.0 Å². The molecule has 0 atom stereocenters. The lowest BCUT2D eigenvalue weighted by atomic mass is 10.5. The summed E-state index contributed by atoms with van der Waals surface area (Å²) in [6, 6.07) is 0. The van der Waals surface area contributed by atoms with E-state index in [9.17, 15) is 4.79 Å². The molecular formula is C6H12N2O3. The highest BCUT2D eigenvalue weighted by molar-refractivity contribution is 5.71. The van der Waals surface area contributed by atoms with Crippen LogP contribution in [0.15, 0.2) is 0 Å². The van der Waals surface area contributed by atoms with E-state index >= 15 is 0 Å². The molecule has 0 aliphatic heterocycles. The Morgan fingerprint density at radius 2 is 2.18 bits per heavy atom. The Kier molecular flexibility index (Phi) is 13.1. The van der Waals surface area contributed by atoms with Crippen LogP contribution in [-0.4, -0.2) is 25.2 Å². The van der Waals surface area contributed by atoms with E-state index in [1.807, 2.05) is 6.92 Å². The number of rotatable bonds is 3. The highest BCUT2D eigenvalue weighted by Gasteiger charge is 1.93. The third-order valence-electron chi connectivity index (χ3n) is 0.634. The van der Waals surface area contributed by atoms with Crippen LogP contribution < -0.4 is 5.73 Å². The fourth-order valence-electron chi connectivity index (χ4n) is 0.275. The zero-order valence-corrected chi connectivity index (χ0v) is 6.42. The monoisotopic (exact) mass is 160 g/mol. The fraction of sp³-hybridized carbons (Fsp3) is 0.667. The second kappa shape index (κ2) is 11.6. The number of esters is 1. The normalized spacial score (nSPS) is 7.09. The minimum atomic E-state index is -0.327. The molecule has 0 aromatic carbocycles. The molecule has 0 saturated carbocycles. The van der Waals surface area contributed by atoms with Gasteiger partial charge in [-0.3, -0.25) is 4.79 Å². The van der Waals surface area contributed by atoms with Gasteiger partial charge in [0.2, 0.25) is 6.08 Å². The molecular weight excluding hydrogens is 148 g/mol. The summed E-state index contributed by atoms with van der Waals surface area (Å²) in [5, 5.41) is 5.40. The first-order chi connectivity index (χ1) is 5.22. The number of hydrogen-bond donors (Lipinski definition) is 2. The van der Waals surface area contributed by atoms with E-state index in [0.717, 1.165) is 12.5 Å². The topological polar surface area (TPSA) is 93.2 Å². The van der Waals surface area contributed by atoms with Crippen molar-refractivity contribution in [2.45, 2.75) is 13.3 Å². The van der Waals surface area contributed by atoms with Crippen molar-refractivity contribution >= 4 is 12.0 Å². The minimum absolute atomic E-state index is 0.0139. The molecule has 3 N–H and O–H groups in total. The number of carbonyl (C=O) groups excluding carboxylic acids is 2. The lowest BCUT2D eigenvalue weighted by molar-refractivity contribution is -0.141. The summed E-state index contributed by atoms with van der Waals surface area (Å²) >= 11 is 0. The van der Waals surface area contributed by atoms with Gasteiger partial charge in [0.05, 0.1) is 13.2 Å². The molecule has 0 amide bonds. The number of carbonyl (C=O) groups is 1. The fourth-order valence-corrected chi connectivity index (χ4v) is 0.275. The van der Waals surface area contributed by atoms with Gasteiger partial charge >= 0.3 is 5.97 Å². The summed E-state index contributed by atoms with van der Waals surface area (Å²) in [7, 11) is 0. The average Bonchev–Trinajstić information content (AvgIpc) is 2.02. The summed E-state index contributed by atoms with van der Waals surface area (Å²) in [5.74, 6) is -0.327. The summed E-state index contributed by atoms with van der Waals surface area (Å²) in [5.41, 5.74) is 4.94. The second-order valence-electron chi connectivity index (χ2n) is 1.53. The summed E-state index contributed by atoms with van der Waals surface area (Å²) < 4.78 is 4.58. The minimum Gasteiger partial charge on any atom is -0.465 e. The van der Waals surface area contributed by atoms with Crippen molar-refractivity contribution in [1.82, 2.24) is 0 Å². The Hall–Kier alpha value is -1.19. The predicted molar refractivity (Wildman–Crippen MR) is 38.7 cm³/mol. The Bertz CT molecular complexity index is 130. The molecule has 0 aliphatic carbocycles.